The van der Waals surface area contributed by atoms with Gasteiger partial charge in [0.25, 0.3) is 5.24 Å². The minimum atomic E-state index is -0.701. The van der Waals surface area contributed by atoms with E-state index in [4.69, 9.17) is 34.8 Å². The van der Waals surface area contributed by atoms with E-state index in [0.29, 0.717) is 0 Å². The first kappa shape index (κ1) is 8.84. The molecule has 1 rings (SSSR count). The normalized spacial score (nSPS) is 10.2. The Bertz CT molecular complexity index is 307. The SMILES string of the molecule is Cn1nc(Cl)c(C(=O)Cl)c1Cl. The van der Waals surface area contributed by atoms with Crippen LogP contribution in [0.15, 0.2) is 0 Å². The highest BCUT2D eigenvalue weighted by Gasteiger charge is 2.17. The van der Waals surface area contributed by atoms with Crippen LogP contribution in [-0.2, 0) is 7.05 Å². The Kier molecular flexibility index (Phi) is 2.42. The Labute approximate surface area is 77.8 Å². The fourth-order valence-electron chi connectivity index (χ4n) is 0.635. The first-order valence-corrected chi connectivity index (χ1v) is 3.75. The third kappa shape index (κ3) is 1.50. The number of carbonyl (C=O) groups excluding carboxylic acids is 1. The van der Waals surface area contributed by atoms with Gasteiger partial charge in [-0.25, -0.2) is 0 Å². The maximum Gasteiger partial charge on any atom is 0.258 e. The van der Waals surface area contributed by atoms with Crippen molar-refractivity contribution in [1.29, 1.82) is 0 Å². The van der Waals surface area contributed by atoms with E-state index >= 15 is 0 Å². The van der Waals surface area contributed by atoms with E-state index in [2.05, 4.69) is 5.10 Å². The van der Waals surface area contributed by atoms with Gasteiger partial charge in [-0.05, 0) is 11.6 Å². The molecule has 0 aliphatic rings. The summed E-state index contributed by atoms with van der Waals surface area (Å²) in [6.07, 6.45) is 0. The summed E-state index contributed by atoms with van der Waals surface area (Å²) in [5, 5.41) is 3.15. The predicted octanol–water partition coefficient (Wildman–Crippen LogP) is 2.11. The summed E-state index contributed by atoms with van der Waals surface area (Å²) in [5.74, 6) is 0. The summed E-state index contributed by atoms with van der Waals surface area (Å²) in [6.45, 7) is 0. The number of aryl methyl sites for hydroxylation is 1. The van der Waals surface area contributed by atoms with E-state index in [9.17, 15) is 4.79 Å². The number of aromatic nitrogens is 2. The average Bonchev–Trinajstić information content (AvgIpc) is 2.07. The maximum atomic E-state index is 10.6. The van der Waals surface area contributed by atoms with Crippen LogP contribution < -0.4 is 0 Å². The molecular weight excluding hydrogens is 210 g/mol. The predicted molar refractivity (Wildman–Crippen MR) is 43.4 cm³/mol. The Hall–Kier alpha value is -0.250. The molecule has 0 unspecified atom stereocenters. The number of hydrogen-bond donors (Lipinski definition) is 0. The van der Waals surface area contributed by atoms with E-state index in [1.54, 1.807) is 7.05 Å². The number of hydrogen-bond acceptors (Lipinski definition) is 2. The molecule has 0 spiro atoms. The van der Waals surface area contributed by atoms with Gasteiger partial charge in [0.05, 0.1) is 0 Å². The largest absolute Gasteiger partial charge is 0.275 e. The van der Waals surface area contributed by atoms with Crippen LogP contribution in [0, 0.1) is 0 Å². The number of carbonyl (C=O) groups is 1. The van der Waals surface area contributed by atoms with Crippen LogP contribution in [0.2, 0.25) is 10.3 Å². The van der Waals surface area contributed by atoms with Crippen LogP contribution in [0.3, 0.4) is 0 Å². The molecule has 0 atom stereocenters. The number of rotatable bonds is 1. The lowest BCUT2D eigenvalue weighted by molar-refractivity contribution is 0.108. The minimum absolute atomic E-state index is 0.0255. The molecule has 0 amide bonds. The molecule has 0 saturated heterocycles. The Morgan fingerprint density at radius 1 is 1.55 bits per heavy atom. The van der Waals surface area contributed by atoms with Crippen molar-refractivity contribution in [3.63, 3.8) is 0 Å². The fourth-order valence-corrected chi connectivity index (χ4v) is 1.46. The minimum Gasteiger partial charge on any atom is -0.275 e. The lowest BCUT2D eigenvalue weighted by atomic mass is 10.4. The summed E-state index contributed by atoms with van der Waals surface area (Å²) in [5.41, 5.74) is 0.0532. The standard InChI is InChI=1S/C5H3Cl3N2O/c1-10-4(7)2(5(8)11)3(6)9-10/h1H3. The molecule has 1 aromatic heterocycles. The zero-order valence-electron chi connectivity index (χ0n) is 5.44. The third-order valence-electron chi connectivity index (χ3n) is 1.13. The Morgan fingerprint density at radius 3 is 2.27 bits per heavy atom. The highest BCUT2D eigenvalue weighted by atomic mass is 35.5. The zero-order valence-corrected chi connectivity index (χ0v) is 7.70. The van der Waals surface area contributed by atoms with Gasteiger partial charge in [0.15, 0.2) is 5.15 Å². The van der Waals surface area contributed by atoms with Gasteiger partial charge in [0.1, 0.15) is 10.7 Å². The molecule has 1 aromatic rings. The van der Waals surface area contributed by atoms with E-state index in [-0.39, 0.29) is 15.9 Å². The van der Waals surface area contributed by atoms with Gasteiger partial charge in [-0.1, -0.05) is 23.2 Å². The molecular formula is C5H3Cl3N2O. The summed E-state index contributed by atoms with van der Waals surface area (Å²) < 4.78 is 1.28. The zero-order chi connectivity index (χ0) is 8.59. The number of halogens is 3. The molecule has 0 saturated carbocycles. The lowest BCUT2D eigenvalue weighted by Crippen LogP contribution is -1.91. The van der Waals surface area contributed by atoms with Crippen molar-refractivity contribution in [3.8, 4) is 0 Å². The topological polar surface area (TPSA) is 34.9 Å². The summed E-state index contributed by atoms with van der Waals surface area (Å²) in [4.78, 5) is 10.6. The quantitative estimate of drug-likeness (QED) is 0.670. The maximum absolute atomic E-state index is 10.6. The van der Waals surface area contributed by atoms with Gasteiger partial charge in [0.2, 0.25) is 0 Å². The molecule has 0 aromatic carbocycles. The van der Waals surface area contributed by atoms with Crippen LogP contribution in [0.4, 0.5) is 0 Å². The van der Waals surface area contributed by atoms with Crippen molar-refractivity contribution in [2.75, 3.05) is 0 Å². The monoisotopic (exact) mass is 212 g/mol. The molecule has 3 nitrogen and oxygen atoms in total. The van der Waals surface area contributed by atoms with E-state index in [1.165, 1.54) is 4.68 Å². The average molecular weight is 213 g/mol. The molecule has 60 valence electrons. The molecule has 0 N–H and O–H groups in total. The van der Waals surface area contributed by atoms with E-state index in [0.717, 1.165) is 0 Å². The molecule has 0 aliphatic heterocycles. The number of nitrogens with zero attached hydrogens (tertiary/aromatic N) is 2. The van der Waals surface area contributed by atoms with Crippen LogP contribution in [0.5, 0.6) is 0 Å². The third-order valence-corrected chi connectivity index (χ3v) is 2.02. The molecule has 6 heteroatoms. The van der Waals surface area contributed by atoms with Gasteiger partial charge in [0, 0.05) is 7.05 Å². The molecule has 0 fully saturated rings. The van der Waals surface area contributed by atoms with Gasteiger partial charge in [-0.15, -0.1) is 0 Å². The van der Waals surface area contributed by atoms with Crippen molar-refractivity contribution in [1.82, 2.24) is 9.78 Å². The second kappa shape index (κ2) is 3.01. The van der Waals surface area contributed by atoms with Crippen LogP contribution in [0.25, 0.3) is 0 Å². The van der Waals surface area contributed by atoms with Gasteiger partial charge < -0.3 is 0 Å². The first-order valence-electron chi connectivity index (χ1n) is 2.62. The van der Waals surface area contributed by atoms with Crippen molar-refractivity contribution in [3.05, 3.63) is 15.9 Å². The summed E-state index contributed by atoms with van der Waals surface area (Å²) in [7, 11) is 1.57. The van der Waals surface area contributed by atoms with Crippen LogP contribution >= 0.6 is 34.8 Å². The second-order valence-electron chi connectivity index (χ2n) is 1.85. The van der Waals surface area contributed by atoms with E-state index < -0.39 is 5.24 Å². The molecule has 0 aliphatic carbocycles. The van der Waals surface area contributed by atoms with Crippen molar-refractivity contribution in [2.24, 2.45) is 7.05 Å². The first-order chi connectivity index (χ1) is 5.04. The van der Waals surface area contributed by atoms with Gasteiger partial charge >= 0.3 is 0 Å². The smallest absolute Gasteiger partial charge is 0.258 e. The van der Waals surface area contributed by atoms with Crippen LogP contribution in [-0.4, -0.2) is 15.0 Å². The molecule has 0 bridgehead atoms. The van der Waals surface area contributed by atoms with E-state index in [1.807, 2.05) is 0 Å². The highest BCUT2D eigenvalue weighted by Crippen LogP contribution is 2.24. The lowest BCUT2D eigenvalue weighted by Gasteiger charge is -1.89. The fraction of sp³-hybridized carbons (Fsp3) is 0.200. The molecule has 1 heterocycles. The Morgan fingerprint density at radius 2 is 2.09 bits per heavy atom. The van der Waals surface area contributed by atoms with Crippen LogP contribution in [0.1, 0.15) is 10.4 Å². The molecule has 0 radical (unpaired) electrons. The Balaban J connectivity index is 3.34. The van der Waals surface area contributed by atoms with Crippen molar-refractivity contribution >= 4 is 40.0 Å². The summed E-state index contributed by atoms with van der Waals surface area (Å²) in [6, 6.07) is 0. The second-order valence-corrected chi connectivity index (χ2v) is 2.91. The molecule has 11 heavy (non-hydrogen) atoms. The highest BCUT2D eigenvalue weighted by molar-refractivity contribution is 6.69. The van der Waals surface area contributed by atoms with Crippen molar-refractivity contribution < 1.29 is 4.79 Å². The summed E-state index contributed by atoms with van der Waals surface area (Å²) >= 11 is 16.3. The van der Waals surface area contributed by atoms with Gasteiger partial charge in [-0.2, -0.15) is 5.10 Å². The van der Waals surface area contributed by atoms with Crippen molar-refractivity contribution in [2.45, 2.75) is 0 Å². The van der Waals surface area contributed by atoms with Gasteiger partial charge in [-0.3, -0.25) is 9.48 Å².